The molecular formula is C22H22N4O6S. The number of amides is 1. The zero-order valence-corrected chi connectivity index (χ0v) is 18.9. The van der Waals surface area contributed by atoms with E-state index in [-0.39, 0.29) is 29.7 Å². The largest absolute Gasteiger partial charge is 0.462 e. The smallest absolute Gasteiger partial charge is 0.341 e. The molecule has 4 rings (SSSR count). The molecule has 1 unspecified atom stereocenters. The molecule has 2 heterocycles. The average Bonchev–Trinajstić information content (AvgIpc) is 3.12. The summed E-state index contributed by atoms with van der Waals surface area (Å²) >= 11 is 1.37. The Morgan fingerprint density at radius 1 is 1.39 bits per heavy atom. The fraction of sp³-hybridized carbons (Fsp3) is 0.364. The number of benzene rings is 1. The van der Waals surface area contributed by atoms with E-state index in [4.69, 9.17) is 4.74 Å². The quantitative estimate of drug-likeness (QED) is 0.332. The third-order valence-electron chi connectivity index (χ3n) is 5.58. The molecule has 0 radical (unpaired) electrons. The summed E-state index contributed by atoms with van der Waals surface area (Å²) in [4.78, 5) is 53.7. The molecule has 0 saturated heterocycles. The van der Waals surface area contributed by atoms with Gasteiger partial charge in [-0.15, -0.1) is 11.3 Å². The summed E-state index contributed by atoms with van der Waals surface area (Å²) in [7, 11) is 0. The highest BCUT2D eigenvalue weighted by Crippen LogP contribution is 2.40. The van der Waals surface area contributed by atoms with Gasteiger partial charge in [-0.05, 0) is 43.7 Å². The van der Waals surface area contributed by atoms with Gasteiger partial charge in [-0.3, -0.25) is 24.3 Å². The maximum absolute atomic E-state index is 12.8. The van der Waals surface area contributed by atoms with Crippen molar-refractivity contribution in [1.29, 1.82) is 0 Å². The monoisotopic (exact) mass is 470 g/mol. The van der Waals surface area contributed by atoms with E-state index in [0.29, 0.717) is 16.5 Å². The number of rotatable bonds is 6. The van der Waals surface area contributed by atoms with Crippen LogP contribution < -0.4 is 10.9 Å². The van der Waals surface area contributed by atoms with Gasteiger partial charge >= 0.3 is 5.97 Å². The summed E-state index contributed by atoms with van der Waals surface area (Å²) in [6, 6.07) is 3.76. The van der Waals surface area contributed by atoms with E-state index in [0.717, 1.165) is 34.3 Å². The second kappa shape index (κ2) is 9.10. The number of ether oxygens (including phenoxy) is 1. The molecule has 1 aromatic carbocycles. The molecule has 10 nitrogen and oxygen atoms in total. The molecule has 172 valence electrons. The zero-order chi connectivity index (χ0) is 23.7. The van der Waals surface area contributed by atoms with E-state index in [1.165, 1.54) is 35.9 Å². The van der Waals surface area contributed by atoms with Crippen molar-refractivity contribution in [3.8, 4) is 0 Å². The van der Waals surface area contributed by atoms with Crippen LogP contribution >= 0.6 is 11.3 Å². The number of fused-ring (bicyclic) bond motifs is 2. The maximum Gasteiger partial charge on any atom is 0.341 e. The number of hydrogen-bond acceptors (Lipinski definition) is 8. The Morgan fingerprint density at radius 3 is 2.91 bits per heavy atom. The van der Waals surface area contributed by atoms with Crippen LogP contribution in [0.3, 0.4) is 0 Å². The van der Waals surface area contributed by atoms with Gasteiger partial charge in [-0.1, -0.05) is 6.92 Å². The van der Waals surface area contributed by atoms with Crippen LogP contribution in [0.25, 0.3) is 10.9 Å². The van der Waals surface area contributed by atoms with Gasteiger partial charge in [-0.2, -0.15) is 0 Å². The number of non-ortho nitro benzene ring substituents is 1. The second-order valence-corrected chi connectivity index (χ2v) is 9.07. The van der Waals surface area contributed by atoms with Crippen LogP contribution in [0, 0.1) is 16.0 Å². The first-order valence-corrected chi connectivity index (χ1v) is 11.3. The van der Waals surface area contributed by atoms with E-state index in [9.17, 15) is 24.5 Å². The molecule has 0 fully saturated rings. The molecule has 0 bridgehead atoms. The lowest BCUT2D eigenvalue weighted by Gasteiger charge is -2.18. The zero-order valence-electron chi connectivity index (χ0n) is 18.1. The van der Waals surface area contributed by atoms with Gasteiger partial charge < -0.3 is 10.1 Å². The maximum atomic E-state index is 12.8. The topological polar surface area (TPSA) is 133 Å². The number of carbonyl (C=O) groups excluding carboxylic acids is 2. The summed E-state index contributed by atoms with van der Waals surface area (Å²) in [6.45, 7) is 3.78. The lowest BCUT2D eigenvalue weighted by Crippen LogP contribution is -2.28. The molecule has 0 aliphatic heterocycles. The van der Waals surface area contributed by atoms with E-state index in [1.54, 1.807) is 6.92 Å². The van der Waals surface area contributed by atoms with Gasteiger partial charge in [0.2, 0.25) is 5.91 Å². The van der Waals surface area contributed by atoms with Crippen molar-refractivity contribution in [2.45, 2.75) is 39.7 Å². The van der Waals surface area contributed by atoms with Crippen molar-refractivity contribution in [2.75, 3.05) is 11.9 Å². The standard InChI is InChI=1S/C22H22N4O6S/c1-3-32-22(29)19-15-6-4-12(2)8-17(15)33-20(19)24-18(27)10-25-11-23-16-9-13(26(30)31)5-7-14(16)21(25)28/h5,7,9,11-12H,3-4,6,8,10H2,1-2H3,(H,24,27). The molecule has 33 heavy (non-hydrogen) atoms. The number of nitrogens with one attached hydrogen (secondary N) is 1. The summed E-state index contributed by atoms with van der Waals surface area (Å²) in [6.07, 6.45) is 3.72. The summed E-state index contributed by atoms with van der Waals surface area (Å²) in [5, 5.41) is 14.3. The predicted molar refractivity (Wildman–Crippen MR) is 123 cm³/mol. The molecule has 1 amide bonds. The van der Waals surface area contributed by atoms with Crippen LogP contribution in [-0.4, -0.2) is 33.0 Å². The van der Waals surface area contributed by atoms with Crippen LogP contribution in [0.15, 0.2) is 29.3 Å². The van der Waals surface area contributed by atoms with Gasteiger partial charge in [0, 0.05) is 17.0 Å². The van der Waals surface area contributed by atoms with Crippen molar-refractivity contribution in [3.63, 3.8) is 0 Å². The van der Waals surface area contributed by atoms with Crippen molar-refractivity contribution in [3.05, 3.63) is 61.0 Å². The number of anilines is 1. The Kier molecular flexibility index (Phi) is 6.23. The number of nitro groups is 1. The second-order valence-electron chi connectivity index (χ2n) is 7.96. The number of hydrogen-bond donors (Lipinski definition) is 1. The molecule has 1 atom stereocenters. The average molecular weight is 471 g/mol. The first-order chi connectivity index (χ1) is 15.8. The molecule has 11 heteroatoms. The van der Waals surface area contributed by atoms with Crippen LogP contribution in [0.1, 0.15) is 41.1 Å². The fourth-order valence-electron chi connectivity index (χ4n) is 3.95. The summed E-state index contributed by atoms with van der Waals surface area (Å²) < 4.78 is 6.34. The van der Waals surface area contributed by atoms with Crippen molar-refractivity contribution in [2.24, 2.45) is 5.92 Å². The predicted octanol–water partition coefficient (Wildman–Crippen LogP) is 3.31. The fourth-order valence-corrected chi connectivity index (χ4v) is 5.37. The molecule has 0 saturated carbocycles. The van der Waals surface area contributed by atoms with Gasteiger partial charge in [-0.25, -0.2) is 9.78 Å². The van der Waals surface area contributed by atoms with Crippen LogP contribution in [0.2, 0.25) is 0 Å². The third kappa shape index (κ3) is 4.49. The highest BCUT2D eigenvalue weighted by molar-refractivity contribution is 7.17. The molecule has 1 N–H and O–H groups in total. The van der Waals surface area contributed by atoms with Crippen molar-refractivity contribution < 1.29 is 19.2 Å². The van der Waals surface area contributed by atoms with Crippen LogP contribution in [-0.2, 0) is 28.9 Å². The lowest BCUT2D eigenvalue weighted by atomic mass is 9.88. The first-order valence-electron chi connectivity index (χ1n) is 10.5. The molecule has 1 aliphatic carbocycles. The van der Waals surface area contributed by atoms with Crippen molar-refractivity contribution in [1.82, 2.24) is 9.55 Å². The Morgan fingerprint density at radius 2 is 2.18 bits per heavy atom. The van der Waals surface area contributed by atoms with E-state index in [2.05, 4.69) is 17.2 Å². The normalized spacial score (nSPS) is 15.2. The Balaban J connectivity index is 1.60. The first kappa shape index (κ1) is 22.6. The van der Waals surface area contributed by atoms with E-state index in [1.807, 2.05) is 0 Å². The van der Waals surface area contributed by atoms with Crippen molar-refractivity contribution >= 4 is 44.8 Å². The number of esters is 1. The van der Waals surface area contributed by atoms with Gasteiger partial charge in [0.25, 0.3) is 11.2 Å². The number of thiophene rings is 1. The highest BCUT2D eigenvalue weighted by atomic mass is 32.1. The minimum Gasteiger partial charge on any atom is -0.462 e. The number of carbonyl (C=O) groups is 2. The Bertz CT molecular complexity index is 1330. The molecule has 0 spiro atoms. The van der Waals surface area contributed by atoms with Gasteiger partial charge in [0.1, 0.15) is 11.5 Å². The summed E-state index contributed by atoms with van der Waals surface area (Å²) in [5.74, 6) is -0.462. The summed E-state index contributed by atoms with van der Waals surface area (Å²) in [5.41, 5.74) is 0.837. The Labute approximate surface area is 192 Å². The molecular weight excluding hydrogens is 448 g/mol. The SMILES string of the molecule is CCOC(=O)c1c(NC(=O)Cn2cnc3cc([N+](=O)[O-])ccc3c2=O)sc2c1CCC(C)C2. The Hall–Kier alpha value is -3.60. The number of aromatic nitrogens is 2. The van der Waals surface area contributed by atoms with Gasteiger partial charge in [0.05, 0.1) is 34.3 Å². The van der Waals surface area contributed by atoms with Crippen LogP contribution in [0.4, 0.5) is 10.7 Å². The van der Waals surface area contributed by atoms with E-state index < -0.39 is 22.4 Å². The molecule has 1 aliphatic rings. The minimum absolute atomic E-state index is 0.170. The van der Waals surface area contributed by atoms with E-state index >= 15 is 0 Å². The third-order valence-corrected chi connectivity index (χ3v) is 6.75. The lowest BCUT2D eigenvalue weighted by molar-refractivity contribution is -0.384. The number of nitrogens with zero attached hydrogens (tertiary/aromatic N) is 3. The molecule has 3 aromatic rings. The minimum atomic E-state index is -0.567. The highest BCUT2D eigenvalue weighted by Gasteiger charge is 2.29. The molecule has 2 aromatic heterocycles. The van der Waals surface area contributed by atoms with Gasteiger partial charge in [0.15, 0.2) is 0 Å². The van der Waals surface area contributed by atoms with Crippen LogP contribution in [0.5, 0.6) is 0 Å². The number of nitro benzene ring substituents is 1.